The maximum absolute atomic E-state index is 12.6. The smallest absolute Gasteiger partial charge is 0.267 e. The van der Waals surface area contributed by atoms with Gasteiger partial charge in [0.25, 0.3) is 11.1 Å². The first-order chi connectivity index (χ1) is 15.5. The maximum Gasteiger partial charge on any atom is 0.267 e. The Morgan fingerprint density at radius 2 is 1.00 bits per heavy atom. The van der Waals surface area contributed by atoms with Gasteiger partial charge in [0.05, 0.1) is 24.5 Å². The summed E-state index contributed by atoms with van der Waals surface area (Å²) in [6.07, 6.45) is 1.33. The second-order valence-electron chi connectivity index (χ2n) is 7.96. The van der Waals surface area contributed by atoms with Gasteiger partial charge in [0.15, 0.2) is 0 Å². The van der Waals surface area contributed by atoms with E-state index in [2.05, 4.69) is 10.2 Å². The van der Waals surface area contributed by atoms with Crippen LogP contribution in [0.2, 0.25) is 0 Å². The van der Waals surface area contributed by atoms with E-state index in [1.165, 1.54) is 9.36 Å². The molecule has 0 radical (unpaired) electrons. The molecule has 32 heavy (non-hydrogen) atoms. The van der Waals surface area contributed by atoms with Crippen LogP contribution in [0.25, 0.3) is 0 Å². The lowest BCUT2D eigenvalue weighted by atomic mass is 10.0. The molecule has 6 heteroatoms. The van der Waals surface area contributed by atoms with Gasteiger partial charge in [-0.15, -0.1) is 0 Å². The molecule has 0 fully saturated rings. The lowest BCUT2D eigenvalue weighted by Gasteiger charge is -2.12. The van der Waals surface area contributed by atoms with E-state index in [9.17, 15) is 9.59 Å². The van der Waals surface area contributed by atoms with Gasteiger partial charge in [-0.1, -0.05) is 60.7 Å². The molecule has 0 aliphatic rings. The summed E-state index contributed by atoms with van der Waals surface area (Å²) in [5, 5.41) is 8.94. The third-order valence-corrected chi connectivity index (χ3v) is 5.57. The Hall–Kier alpha value is -3.80. The SMILES string of the molecule is Cc1nn(CCn2nc(C)c(Cc3ccccc3)cc2=O)c(=O)cc1Cc1ccccc1. The quantitative estimate of drug-likeness (QED) is 0.455. The zero-order valence-corrected chi connectivity index (χ0v) is 18.4. The minimum atomic E-state index is -0.174. The molecule has 0 saturated carbocycles. The normalized spacial score (nSPS) is 10.9. The average Bonchev–Trinajstić information content (AvgIpc) is 2.79. The van der Waals surface area contributed by atoms with E-state index in [-0.39, 0.29) is 24.2 Å². The molecule has 0 unspecified atom stereocenters. The minimum Gasteiger partial charge on any atom is -0.268 e. The van der Waals surface area contributed by atoms with Crippen LogP contribution in [0.3, 0.4) is 0 Å². The van der Waals surface area contributed by atoms with Crippen molar-refractivity contribution in [2.75, 3.05) is 0 Å². The van der Waals surface area contributed by atoms with Crippen molar-refractivity contribution >= 4 is 0 Å². The first-order valence-electron chi connectivity index (χ1n) is 10.7. The molecule has 0 aliphatic heterocycles. The van der Waals surface area contributed by atoms with Gasteiger partial charge in [-0.3, -0.25) is 9.59 Å². The zero-order valence-electron chi connectivity index (χ0n) is 18.4. The van der Waals surface area contributed by atoms with Crippen molar-refractivity contribution in [1.29, 1.82) is 0 Å². The summed E-state index contributed by atoms with van der Waals surface area (Å²) in [6, 6.07) is 23.3. The van der Waals surface area contributed by atoms with E-state index < -0.39 is 0 Å². The van der Waals surface area contributed by atoms with E-state index in [1.54, 1.807) is 12.1 Å². The largest absolute Gasteiger partial charge is 0.268 e. The molecule has 0 N–H and O–H groups in total. The van der Waals surface area contributed by atoms with E-state index in [1.807, 2.05) is 74.5 Å². The van der Waals surface area contributed by atoms with Crippen LogP contribution in [0.15, 0.2) is 82.4 Å². The summed E-state index contributed by atoms with van der Waals surface area (Å²) in [5.74, 6) is 0. The molecule has 6 nitrogen and oxygen atoms in total. The van der Waals surface area contributed by atoms with Crippen LogP contribution in [0.1, 0.15) is 33.6 Å². The number of hydrogen-bond donors (Lipinski definition) is 0. The first kappa shape index (κ1) is 21.4. The predicted molar refractivity (Wildman–Crippen MR) is 125 cm³/mol. The van der Waals surface area contributed by atoms with Crippen molar-refractivity contribution in [1.82, 2.24) is 19.6 Å². The van der Waals surface area contributed by atoms with Crippen molar-refractivity contribution in [3.8, 4) is 0 Å². The molecule has 0 spiro atoms. The van der Waals surface area contributed by atoms with E-state index in [0.29, 0.717) is 12.8 Å². The Morgan fingerprint density at radius 3 is 1.38 bits per heavy atom. The Labute approximate surface area is 186 Å². The van der Waals surface area contributed by atoms with Gasteiger partial charge in [-0.2, -0.15) is 10.2 Å². The van der Waals surface area contributed by atoms with Crippen LogP contribution >= 0.6 is 0 Å². The van der Waals surface area contributed by atoms with Crippen LogP contribution in [-0.2, 0) is 25.9 Å². The number of aryl methyl sites for hydroxylation is 4. The Morgan fingerprint density at radius 1 is 0.625 bits per heavy atom. The molecule has 0 amide bonds. The van der Waals surface area contributed by atoms with Crippen LogP contribution in [-0.4, -0.2) is 19.6 Å². The van der Waals surface area contributed by atoms with Crippen molar-refractivity contribution in [2.45, 2.75) is 39.8 Å². The van der Waals surface area contributed by atoms with Gasteiger partial charge >= 0.3 is 0 Å². The molecule has 0 aliphatic carbocycles. The highest BCUT2D eigenvalue weighted by molar-refractivity contribution is 5.28. The summed E-state index contributed by atoms with van der Waals surface area (Å²) in [6.45, 7) is 4.38. The summed E-state index contributed by atoms with van der Waals surface area (Å²) >= 11 is 0. The second kappa shape index (κ2) is 9.56. The van der Waals surface area contributed by atoms with Crippen molar-refractivity contribution < 1.29 is 0 Å². The molecule has 0 bridgehead atoms. The van der Waals surface area contributed by atoms with Gasteiger partial charge in [0, 0.05) is 12.1 Å². The number of hydrogen-bond acceptors (Lipinski definition) is 4. The standard InChI is InChI=1S/C26H26N4O2/c1-19-23(15-21-9-5-3-6-10-21)17-25(31)29(27-19)13-14-30-26(32)18-24(20(2)28-30)16-22-11-7-4-8-12-22/h3-12,17-18H,13-16H2,1-2H3. The fourth-order valence-electron chi connectivity index (χ4n) is 3.74. The molecule has 4 aromatic rings. The monoisotopic (exact) mass is 426 g/mol. The van der Waals surface area contributed by atoms with E-state index >= 15 is 0 Å². The van der Waals surface area contributed by atoms with Gasteiger partial charge in [-0.05, 0) is 48.9 Å². The van der Waals surface area contributed by atoms with Gasteiger partial charge in [-0.25, -0.2) is 9.36 Å². The molecule has 0 atom stereocenters. The molecule has 4 rings (SSSR count). The topological polar surface area (TPSA) is 69.8 Å². The Balaban J connectivity index is 1.48. The minimum absolute atomic E-state index is 0.174. The molecular formula is C26H26N4O2. The summed E-state index contributed by atoms with van der Waals surface area (Å²) in [5.41, 5.74) is 5.36. The first-order valence-corrected chi connectivity index (χ1v) is 10.7. The number of aromatic nitrogens is 4. The summed E-state index contributed by atoms with van der Waals surface area (Å²) < 4.78 is 2.82. The highest BCUT2D eigenvalue weighted by Crippen LogP contribution is 2.11. The zero-order chi connectivity index (χ0) is 22.5. The fourth-order valence-corrected chi connectivity index (χ4v) is 3.74. The average molecular weight is 427 g/mol. The molecule has 2 heterocycles. The number of nitrogens with zero attached hydrogens (tertiary/aromatic N) is 4. The van der Waals surface area contributed by atoms with Gasteiger partial charge < -0.3 is 0 Å². The maximum atomic E-state index is 12.6. The highest BCUT2D eigenvalue weighted by Gasteiger charge is 2.10. The van der Waals surface area contributed by atoms with Crippen LogP contribution in [0.4, 0.5) is 0 Å². The molecule has 2 aromatic carbocycles. The molecular weight excluding hydrogens is 400 g/mol. The van der Waals surface area contributed by atoms with Crippen LogP contribution in [0, 0.1) is 13.8 Å². The summed E-state index contributed by atoms with van der Waals surface area (Å²) in [4.78, 5) is 25.2. The number of rotatable bonds is 7. The molecule has 2 aromatic heterocycles. The van der Waals surface area contributed by atoms with E-state index in [0.717, 1.165) is 33.6 Å². The van der Waals surface area contributed by atoms with Crippen LogP contribution < -0.4 is 11.1 Å². The molecule has 0 saturated heterocycles. The van der Waals surface area contributed by atoms with Crippen molar-refractivity contribution in [3.63, 3.8) is 0 Å². The Kier molecular flexibility index (Phi) is 6.40. The van der Waals surface area contributed by atoms with Crippen molar-refractivity contribution in [2.24, 2.45) is 0 Å². The summed E-state index contributed by atoms with van der Waals surface area (Å²) in [7, 11) is 0. The van der Waals surface area contributed by atoms with Crippen molar-refractivity contribution in [3.05, 3.63) is 127 Å². The number of benzene rings is 2. The third-order valence-electron chi connectivity index (χ3n) is 5.57. The van der Waals surface area contributed by atoms with Gasteiger partial charge in [0.1, 0.15) is 0 Å². The lowest BCUT2D eigenvalue weighted by Crippen LogP contribution is -2.31. The molecule has 162 valence electrons. The van der Waals surface area contributed by atoms with Gasteiger partial charge in [0.2, 0.25) is 0 Å². The predicted octanol–water partition coefficient (Wildman–Crippen LogP) is 3.30. The van der Waals surface area contributed by atoms with Crippen LogP contribution in [0.5, 0.6) is 0 Å². The highest BCUT2D eigenvalue weighted by atomic mass is 16.1. The third kappa shape index (κ3) is 5.09. The second-order valence-corrected chi connectivity index (χ2v) is 7.96. The fraction of sp³-hybridized carbons (Fsp3) is 0.231. The van der Waals surface area contributed by atoms with E-state index in [4.69, 9.17) is 0 Å². The lowest BCUT2D eigenvalue weighted by molar-refractivity contribution is 0.460. The Bertz CT molecular complexity index is 1220.